The van der Waals surface area contributed by atoms with Crippen LogP contribution in [0.15, 0.2) is 0 Å². The average molecular weight is 307 g/mol. The maximum absolute atomic E-state index is 12.2. The van der Waals surface area contributed by atoms with E-state index in [4.69, 9.17) is 0 Å². The molecule has 0 aromatic rings. The normalized spacial score (nSPS) is 19.8. The second kappa shape index (κ2) is 6.33. The number of piperidine rings is 1. The highest BCUT2D eigenvalue weighted by molar-refractivity contribution is 9.10. The smallest absolute Gasteiger partial charge is 0.336 e. The Labute approximate surface area is 110 Å². The first kappa shape index (κ1) is 14.4. The summed E-state index contributed by atoms with van der Waals surface area (Å²) in [6.45, 7) is 3.25. The molecule has 0 saturated carbocycles. The van der Waals surface area contributed by atoms with Gasteiger partial charge in [0.2, 0.25) is 0 Å². The molecule has 0 N–H and O–H groups in total. The van der Waals surface area contributed by atoms with Crippen molar-refractivity contribution < 1.29 is 9.72 Å². The van der Waals surface area contributed by atoms with Gasteiger partial charge in [-0.25, -0.2) is 0 Å². The minimum atomic E-state index is -1.61. The summed E-state index contributed by atoms with van der Waals surface area (Å²) >= 11 is 3.06. The SMILES string of the molecule is CCCCC(Br)(C(=O)N1CCCCC1)[N+](=O)[O-]. The third-order valence-electron chi connectivity index (χ3n) is 3.12. The first-order valence-electron chi connectivity index (χ1n) is 6.15. The minimum Gasteiger partial charge on any atom is -0.336 e. The van der Waals surface area contributed by atoms with Crippen LogP contribution in [0.4, 0.5) is 0 Å². The molecule has 1 atom stereocenters. The fourth-order valence-corrected chi connectivity index (χ4v) is 2.56. The highest BCUT2D eigenvalue weighted by atomic mass is 79.9. The number of hydrogen-bond acceptors (Lipinski definition) is 3. The van der Waals surface area contributed by atoms with Crippen molar-refractivity contribution in [2.75, 3.05) is 13.1 Å². The number of halogens is 1. The fourth-order valence-electron chi connectivity index (χ4n) is 2.03. The van der Waals surface area contributed by atoms with E-state index in [-0.39, 0.29) is 12.3 Å². The Kier molecular flexibility index (Phi) is 5.36. The van der Waals surface area contributed by atoms with Gasteiger partial charge in [0, 0.05) is 40.4 Å². The monoisotopic (exact) mass is 306 g/mol. The van der Waals surface area contributed by atoms with Gasteiger partial charge >= 0.3 is 10.4 Å². The molecule has 1 saturated heterocycles. The van der Waals surface area contributed by atoms with E-state index in [0.29, 0.717) is 19.5 Å². The Bertz CT molecular complexity index is 292. The van der Waals surface area contributed by atoms with Gasteiger partial charge in [0.1, 0.15) is 0 Å². The number of hydrogen-bond donors (Lipinski definition) is 0. The van der Waals surface area contributed by atoms with Crippen molar-refractivity contribution in [3.63, 3.8) is 0 Å². The lowest BCUT2D eigenvalue weighted by Gasteiger charge is -2.30. The summed E-state index contributed by atoms with van der Waals surface area (Å²) < 4.78 is -1.61. The summed E-state index contributed by atoms with van der Waals surface area (Å²) in [6, 6.07) is 0. The van der Waals surface area contributed by atoms with E-state index in [0.717, 1.165) is 25.7 Å². The molecule has 98 valence electrons. The fraction of sp³-hybridized carbons (Fsp3) is 0.909. The van der Waals surface area contributed by atoms with Crippen LogP contribution in [0.3, 0.4) is 0 Å². The molecule has 0 aromatic heterocycles. The number of amides is 1. The van der Waals surface area contributed by atoms with Crippen molar-refractivity contribution in [1.82, 2.24) is 4.90 Å². The van der Waals surface area contributed by atoms with Crippen molar-refractivity contribution in [3.05, 3.63) is 10.1 Å². The van der Waals surface area contributed by atoms with Gasteiger partial charge in [-0.2, -0.15) is 0 Å². The Morgan fingerprint density at radius 1 is 1.41 bits per heavy atom. The highest BCUT2D eigenvalue weighted by Crippen LogP contribution is 2.29. The third-order valence-corrected chi connectivity index (χ3v) is 4.15. The first-order chi connectivity index (χ1) is 8.02. The molecule has 1 amide bonds. The van der Waals surface area contributed by atoms with E-state index < -0.39 is 9.37 Å². The Balaban J connectivity index is 2.74. The second-order valence-corrected chi connectivity index (χ2v) is 5.78. The number of carbonyl (C=O) groups excluding carboxylic acids is 1. The molecule has 1 unspecified atom stereocenters. The zero-order valence-corrected chi connectivity index (χ0v) is 11.7. The van der Waals surface area contributed by atoms with Crippen molar-refractivity contribution in [1.29, 1.82) is 0 Å². The Morgan fingerprint density at radius 2 is 2.00 bits per heavy atom. The second-order valence-electron chi connectivity index (χ2n) is 4.47. The summed E-state index contributed by atoms with van der Waals surface area (Å²) in [7, 11) is 0. The van der Waals surface area contributed by atoms with Gasteiger partial charge in [-0.15, -0.1) is 0 Å². The largest absolute Gasteiger partial charge is 0.351 e. The minimum absolute atomic E-state index is 0.256. The number of nitro groups is 1. The van der Waals surface area contributed by atoms with Crippen LogP contribution in [0.25, 0.3) is 0 Å². The molecule has 0 aromatic carbocycles. The van der Waals surface area contributed by atoms with E-state index >= 15 is 0 Å². The van der Waals surface area contributed by atoms with Crippen LogP contribution in [-0.2, 0) is 4.79 Å². The first-order valence-corrected chi connectivity index (χ1v) is 6.94. The standard InChI is InChI=1S/C11H19BrN2O3/c1-2-3-7-11(12,14(16)17)10(15)13-8-5-4-6-9-13/h2-9H2,1H3. The van der Waals surface area contributed by atoms with E-state index in [9.17, 15) is 14.9 Å². The number of carbonyl (C=O) groups is 1. The number of likely N-dealkylation sites (tertiary alicyclic amines) is 1. The van der Waals surface area contributed by atoms with Gasteiger partial charge in [-0.05, 0) is 25.7 Å². The van der Waals surface area contributed by atoms with E-state index in [2.05, 4.69) is 15.9 Å². The number of alkyl halides is 1. The maximum Gasteiger partial charge on any atom is 0.351 e. The van der Waals surface area contributed by atoms with Crippen molar-refractivity contribution in [2.24, 2.45) is 0 Å². The summed E-state index contributed by atoms with van der Waals surface area (Å²) in [4.78, 5) is 24.5. The molecular weight excluding hydrogens is 288 g/mol. The van der Waals surface area contributed by atoms with Crippen molar-refractivity contribution in [3.8, 4) is 0 Å². The Hall–Kier alpha value is -0.650. The van der Waals surface area contributed by atoms with Crippen LogP contribution in [0.5, 0.6) is 0 Å². The highest BCUT2D eigenvalue weighted by Gasteiger charge is 2.50. The van der Waals surface area contributed by atoms with Crippen LogP contribution in [0.1, 0.15) is 45.4 Å². The lowest BCUT2D eigenvalue weighted by Crippen LogP contribution is -2.51. The zero-order chi connectivity index (χ0) is 12.9. The van der Waals surface area contributed by atoms with Crippen molar-refractivity contribution in [2.45, 2.75) is 49.9 Å². The van der Waals surface area contributed by atoms with Gasteiger partial charge in [0.15, 0.2) is 0 Å². The molecule has 1 aliphatic heterocycles. The molecule has 0 aliphatic carbocycles. The predicted octanol–water partition coefficient (Wildman–Crippen LogP) is 2.56. The van der Waals surface area contributed by atoms with Gasteiger partial charge in [0.05, 0.1) is 0 Å². The summed E-state index contributed by atoms with van der Waals surface area (Å²) in [5, 5.41) is 11.1. The maximum atomic E-state index is 12.2. The lowest BCUT2D eigenvalue weighted by atomic mass is 10.1. The topological polar surface area (TPSA) is 63.5 Å². The molecular formula is C11H19BrN2O3. The van der Waals surface area contributed by atoms with E-state index in [1.54, 1.807) is 4.90 Å². The molecule has 17 heavy (non-hydrogen) atoms. The van der Waals surface area contributed by atoms with E-state index in [1.165, 1.54) is 0 Å². The average Bonchev–Trinajstić information content (AvgIpc) is 2.35. The summed E-state index contributed by atoms with van der Waals surface area (Å²) in [5.41, 5.74) is 0. The van der Waals surface area contributed by atoms with Crippen LogP contribution >= 0.6 is 15.9 Å². The third kappa shape index (κ3) is 3.40. The van der Waals surface area contributed by atoms with Gasteiger partial charge in [0.25, 0.3) is 0 Å². The molecule has 0 spiro atoms. The van der Waals surface area contributed by atoms with Gasteiger partial charge < -0.3 is 4.90 Å². The van der Waals surface area contributed by atoms with Crippen LogP contribution in [-0.4, -0.2) is 33.3 Å². The molecule has 1 rings (SSSR count). The van der Waals surface area contributed by atoms with Crippen molar-refractivity contribution >= 4 is 21.8 Å². The molecule has 1 aliphatic rings. The van der Waals surface area contributed by atoms with Crippen LogP contribution < -0.4 is 0 Å². The van der Waals surface area contributed by atoms with Gasteiger partial charge in [-0.3, -0.25) is 14.9 Å². The predicted molar refractivity (Wildman–Crippen MR) is 68.6 cm³/mol. The number of rotatable bonds is 5. The lowest BCUT2D eigenvalue weighted by molar-refractivity contribution is -0.522. The van der Waals surface area contributed by atoms with Gasteiger partial charge in [-0.1, -0.05) is 13.3 Å². The van der Waals surface area contributed by atoms with Crippen LogP contribution in [0, 0.1) is 10.1 Å². The molecule has 6 heteroatoms. The molecule has 1 fully saturated rings. The zero-order valence-electron chi connectivity index (χ0n) is 10.2. The molecule has 5 nitrogen and oxygen atoms in total. The molecule has 0 bridgehead atoms. The number of nitrogens with zero attached hydrogens (tertiary/aromatic N) is 2. The molecule has 0 radical (unpaired) electrons. The van der Waals surface area contributed by atoms with Crippen LogP contribution in [0.2, 0.25) is 0 Å². The summed E-state index contributed by atoms with van der Waals surface area (Å²) in [6.07, 6.45) is 4.76. The van der Waals surface area contributed by atoms with E-state index in [1.807, 2.05) is 6.92 Å². The number of unbranched alkanes of at least 4 members (excludes halogenated alkanes) is 1. The molecule has 1 heterocycles. The Morgan fingerprint density at radius 3 is 2.47 bits per heavy atom. The summed E-state index contributed by atoms with van der Waals surface area (Å²) in [5.74, 6) is -0.379. The quantitative estimate of drug-likeness (QED) is 0.339.